The minimum absolute atomic E-state index is 0.159. The van der Waals surface area contributed by atoms with E-state index in [1.807, 2.05) is 13.9 Å². The minimum atomic E-state index is -3.76. The lowest BCUT2D eigenvalue weighted by Crippen LogP contribution is -2.13. The van der Waals surface area contributed by atoms with Gasteiger partial charge in [-0.2, -0.15) is 22.3 Å². The summed E-state index contributed by atoms with van der Waals surface area (Å²) in [6.45, 7) is 0. The van der Waals surface area contributed by atoms with E-state index >= 15 is 0 Å². The third-order valence-corrected chi connectivity index (χ3v) is 5.48. The lowest BCUT2D eigenvalue weighted by molar-refractivity contribution is 0.198. The molecule has 124 valence electrons. The molecule has 0 saturated heterocycles. The van der Waals surface area contributed by atoms with Gasteiger partial charge < -0.3 is 5.21 Å². The van der Waals surface area contributed by atoms with Crippen LogP contribution < -0.4 is 5.46 Å². The van der Waals surface area contributed by atoms with Gasteiger partial charge in [-0.05, 0) is 12.1 Å². The summed E-state index contributed by atoms with van der Waals surface area (Å²) in [5.74, 6) is 0. The number of benzene rings is 1. The fourth-order valence-electron chi connectivity index (χ4n) is 2.70. The summed E-state index contributed by atoms with van der Waals surface area (Å²) in [6.07, 6.45) is 6.03. The molecule has 0 aliphatic carbocycles. The lowest BCUT2D eigenvalue weighted by atomic mass is 9.96. The average molecular weight is 352 g/mol. The molecule has 25 heavy (non-hydrogen) atoms. The number of aromatic nitrogens is 4. The van der Waals surface area contributed by atoms with Crippen LogP contribution in [0.15, 0.2) is 66.1 Å². The number of nitrogens with zero attached hydrogens (tertiary/aromatic N) is 4. The van der Waals surface area contributed by atoms with Gasteiger partial charge in [0.15, 0.2) is 5.65 Å². The van der Waals surface area contributed by atoms with E-state index in [9.17, 15) is 13.6 Å². The molecule has 0 spiro atoms. The van der Waals surface area contributed by atoms with Gasteiger partial charge >= 0.3 is 0 Å². The van der Waals surface area contributed by atoms with Crippen LogP contribution in [0.5, 0.6) is 0 Å². The van der Waals surface area contributed by atoms with E-state index in [0.29, 0.717) is 16.8 Å². The van der Waals surface area contributed by atoms with Crippen LogP contribution in [0.4, 0.5) is 0 Å². The first-order valence-corrected chi connectivity index (χ1v) is 8.93. The summed E-state index contributed by atoms with van der Waals surface area (Å²) in [5, 5.41) is 14.7. The summed E-state index contributed by atoms with van der Waals surface area (Å²) >= 11 is 0. The Morgan fingerprint density at radius 2 is 1.84 bits per heavy atom. The van der Waals surface area contributed by atoms with Crippen LogP contribution in [0.3, 0.4) is 0 Å². The summed E-state index contributed by atoms with van der Waals surface area (Å²) in [5.41, 5.74) is 2.57. The SMILES string of the molecule is Bc1cnc2c(c1)c(-c1cnn(S(=O)(=O)c3ccccc3)c1)cn2O. The maximum atomic E-state index is 12.6. The first kappa shape index (κ1) is 15.5. The van der Waals surface area contributed by atoms with E-state index < -0.39 is 10.0 Å². The molecule has 0 radical (unpaired) electrons. The van der Waals surface area contributed by atoms with E-state index in [2.05, 4.69) is 10.1 Å². The first-order valence-electron chi connectivity index (χ1n) is 7.49. The average Bonchev–Trinajstić information content (AvgIpc) is 3.21. The molecule has 4 aromatic rings. The zero-order valence-electron chi connectivity index (χ0n) is 13.2. The molecular formula is C16H13BN4O3S. The quantitative estimate of drug-likeness (QED) is 0.432. The van der Waals surface area contributed by atoms with Gasteiger partial charge in [-0.15, -0.1) is 0 Å². The van der Waals surface area contributed by atoms with Crippen LogP contribution in [0, 0.1) is 0 Å². The van der Waals surface area contributed by atoms with E-state index in [-0.39, 0.29) is 4.90 Å². The first-order chi connectivity index (χ1) is 12.0. The van der Waals surface area contributed by atoms with Gasteiger partial charge in [0.2, 0.25) is 0 Å². The number of hydrogen-bond acceptors (Lipinski definition) is 5. The van der Waals surface area contributed by atoms with Gasteiger partial charge in [0.05, 0.1) is 23.5 Å². The molecule has 3 aromatic heterocycles. The Morgan fingerprint density at radius 3 is 2.60 bits per heavy atom. The van der Waals surface area contributed by atoms with Crippen LogP contribution in [0.1, 0.15) is 0 Å². The van der Waals surface area contributed by atoms with Crippen molar-refractivity contribution in [3.8, 4) is 11.1 Å². The summed E-state index contributed by atoms with van der Waals surface area (Å²) in [4.78, 5) is 4.36. The Kier molecular flexibility index (Phi) is 3.39. The molecule has 0 aliphatic rings. The smallest absolute Gasteiger partial charge is 0.282 e. The molecule has 1 aromatic carbocycles. The standard InChI is InChI=1S/C16H13BN4O3S/c17-12-6-14-15(10-20(22)16(14)18-8-12)11-7-19-21(9-11)25(23,24)13-4-2-1-3-5-13/h1-10,22H,17H2. The third kappa shape index (κ3) is 2.49. The second-order valence-electron chi connectivity index (χ2n) is 5.69. The highest BCUT2D eigenvalue weighted by Crippen LogP contribution is 2.28. The molecule has 0 unspecified atom stereocenters. The molecule has 0 saturated carbocycles. The van der Waals surface area contributed by atoms with Crippen LogP contribution in [-0.4, -0.2) is 40.4 Å². The normalized spacial score (nSPS) is 11.8. The highest BCUT2D eigenvalue weighted by Gasteiger charge is 2.20. The molecule has 7 nitrogen and oxygen atoms in total. The van der Waals surface area contributed by atoms with Crippen molar-refractivity contribution >= 4 is 34.4 Å². The van der Waals surface area contributed by atoms with Gasteiger partial charge in [-0.25, -0.2) is 4.98 Å². The van der Waals surface area contributed by atoms with Gasteiger partial charge in [0, 0.05) is 22.7 Å². The fourth-order valence-corrected chi connectivity index (χ4v) is 3.84. The van der Waals surface area contributed by atoms with Gasteiger partial charge in [-0.3, -0.25) is 0 Å². The van der Waals surface area contributed by atoms with E-state index in [1.54, 1.807) is 24.4 Å². The van der Waals surface area contributed by atoms with E-state index in [0.717, 1.165) is 19.7 Å². The predicted octanol–water partition coefficient (Wildman–Crippen LogP) is 0.633. The van der Waals surface area contributed by atoms with Crippen molar-refractivity contribution in [2.45, 2.75) is 4.90 Å². The Labute approximate surface area is 144 Å². The maximum absolute atomic E-state index is 12.6. The molecule has 1 N–H and O–H groups in total. The Morgan fingerprint density at radius 1 is 1.08 bits per heavy atom. The summed E-state index contributed by atoms with van der Waals surface area (Å²) < 4.78 is 27.1. The Hall–Kier alpha value is -3.07. The maximum Gasteiger partial charge on any atom is 0.282 e. The molecule has 3 heterocycles. The number of hydrogen-bond donors (Lipinski definition) is 1. The third-order valence-electron chi connectivity index (χ3n) is 3.92. The molecular weight excluding hydrogens is 339 g/mol. The monoisotopic (exact) mass is 352 g/mol. The largest absolute Gasteiger partial charge is 0.427 e. The fraction of sp³-hybridized carbons (Fsp3) is 0. The van der Waals surface area contributed by atoms with Crippen molar-refractivity contribution in [3.63, 3.8) is 0 Å². The minimum Gasteiger partial charge on any atom is -0.427 e. The molecule has 0 aliphatic heterocycles. The second kappa shape index (κ2) is 5.49. The second-order valence-corrected chi connectivity index (χ2v) is 7.49. The molecule has 4 rings (SSSR count). The van der Waals surface area contributed by atoms with E-state index in [4.69, 9.17) is 0 Å². The number of fused-ring (bicyclic) bond motifs is 1. The van der Waals surface area contributed by atoms with Crippen LogP contribution in [0.2, 0.25) is 0 Å². The zero-order valence-corrected chi connectivity index (χ0v) is 14.1. The lowest BCUT2D eigenvalue weighted by Gasteiger charge is -2.03. The van der Waals surface area contributed by atoms with Crippen LogP contribution in [0.25, 0.3) is 22.2 Å². The van der Waals surface area contributed by atoms with Crippen molar-refractivity contribution in [3.05, 3.63) is 61.2 Å². The topological polar surface area (TPSA) is 90.0 Å². The van der Waals surface area contributed by atoms with Crippen molar-refractivity contribution in [2.75, 3.05) is 0 Å². The van der Waals surface area contributed by atoms with Crippen molar-refractivity contribution in [1.29, 1.82) is 0 Å². The molecule has 0 bridgehead atoms. The van der Waals surface area contributed by atoms with Crippen molar-refractivity contribution in [2.24, 2.45) is 0 Å². The Bertz CT molecular complexity index is 1180. The molecule has 9 heteroatoms. The number of pyridine rings is 1. The van der Waals surface area contributed by atoms with Gasteiger partial charge in [0.1, 0.15) is 7.85 Å². The highest BCUT2D eigenvalue weighted by atomic mass is 32.2. The van der Waals surface area contributed by atoms with Gasteiger partial charge in [0.25, 0.3) is 10.0 Å². The highest BCUT2D eigenvalue weighted by molar-refractivity contribution is 7.89. The van der Waals surface area contributed by atoms with E-state index in [1.165, 1.54) is 30.7 Å². The van der Waals surface area contributed by atoms with Crippen LogP contribution >= 0.6 is 0 Å². The Balaban J connectivity index is 1.84. The van der Waals surface area contributed by atoms with Crippen molar-refractivity contribution < 1.29 is 13.6 Å². The number of rotatable bonds is 3. The molecule has 0 amide bonds. The van der Waals surface area contributed by atoms with Crippen molar-refractivity contribution in [1.82, 2.24) is 18.9 Å². The summed E-state index contributed by atoms with van der Waals surface area (Å²) in [7, 11) is -1.86. The zero-order chi connectivity index (χ0) is 17.6. The van der Waals surface area contributed by atoms with Gasteiger partial charge in [-0.1, -0.05) is 29.7 Å². The molecule has 0 atom stereocenters. The summed E-state index contributed by atoms with van der Waals surface area (Å²) in [6, 6.07) is 9.98. The molecule has 0 fully saturated rings. The predicted molar refractivity (Wildman–Crippen MR) is 95.3 cm³/mol. The van der Waals surface area contributed by atoms with Crippen LogP contribution in [-0.2, 0) is 10.0 Å².